The fourth-order valence-corrected chi connectivity index (χ4v) is 1.50. The Kier molecular flexibility index (Phi) is 12.5. The Bertz CT molecular complexity index is 306. The Hall–Kier alpha value is -0.0900. The molecule has 0 atom stereocenters. The number of nitrogens with one attached hydrogen (secondary N) is 2. The monoisotopic (exact) mass is 378 g/mol. The van der Waals surface area contributed by atoms with E-state index < -0.39 is 10.0 Å². The largest absolute Gasteiger partial charge is 0.370 e. The van der Waals surface area contributed by atoms with Crippen LogP contribution in [0, 0.1) is 0 Å². The van der Waals surface area contributed by atoms with Gasteiger partial charge < -0.3 is 11.1 Å². The molecule has 0 bridgehead atoms. The number of nitrogens with zero attached hydrogens (tertiary/aromatic N) is 1. The Balaban J connectivity index is 0. The minimum Gasteiger partial charge on any atom is -0.370 e. The van der Waals surface area contributed by atoms with Crippen molar-refractivity contribution in [1.29, 1.82) is 0 Å². The second-order valence-electron chi connectivity index (χ2n) is 3.57. The van der Waals surface area contributed by atoms with Gasteiger partial charge in [0.25, 0.3) is 0 Å². The zero-order valence-electron chi connectivity index (χ0n) is 10.4. The number of guanidine groups is 1. The van der Waals surface area contributed by atoms with Gasteiger partial charge in [0.15, 0.2) is 5.96 Å². The fraction of sp³-hybridized carbons (Fsp3) is 0.889. The van der Waals surface area contributed by atoms with Gasteiger partial charge >= 0.3 is 0 Å². The number of hydrogen-bond acceptors (Lipinski definition) is 3. The molecule has 0 heterocycles. The highest BCUT2D eigenvalue weighted by Gasteiger charge is 1.98. The maximum Gasteiger partial charge on any atom is 0.208 e. The van der Waals surface area contributed by atoms with Gasteiger partial charge in [0.1, 0.15) is 0 Å². The SMILES string of the molecule is CCCCNC(N)=NCCCNS(C)(=O)=O.I. The molecule has 0 spiro atoms. The number of aliphatic imine (C=N–C) groups is 1. The maximum absolute atomic E-state index is 10.7. The third-order valence-electron chi connectivity index (χ3n) is 1.82. The molecule has 17 heavy (non-hydrogen) atoms. The highest BCUT2D eigenvalue weighted by Crippen LogP contribution is 1.84. The van der Waals surface area contributed by atoms with E-state index in [9.17, 15) is 8.42 Å². The summed E-state index contributed by atoms with van der Waals surface area (Å²) in [5.74, 6) is 0.424. The topological polar surface area (TPSA) is 96.6 Å². The molecular weight excluding hydrogens is 355 g/mol. The van der Waals surface area contributed by atoms with Gasteiger partial charge in [-0.1, -0.05) is 13.3 Å². The third kappa shape index (κ3) is 15.9. The molecule has 8 heteroatoms. The van der Waals surface area contributed by atoms with E-state index in [4.69, 9.17) is 5.73 Å². The molecule has 0 radical (unpaired) electrons. The van der Waals surface area contributed by atoms with Gasteiger partial charge in [0, 0.05) is 19.6 Å². The molecule has 0 saturated heterocycles. The van der Waals surface area contributed by atoms with Gasteiger partial charge in [-0.2, -0.15) is 0 Å². The highest BCUT2D eigenvalue weighted by molar-refractivity contribution is 14.0. The van der Waals surface area contributed by atoms with E-state index in [2.05, 4.69) is 22.0 Å². The van der Waals surface area contributed by atoms with Gasteiger partial charge in [-0.05, 0) is 12.8 Å². The van der Waals surface area contributed by atoms with Crippen LogP contribution in [0.5, 0.6) is 0 Å². The molecule has 0 aliphatic rings. The van der Waals surface area contributed by atoms with E-state index in [1.165, 1.54) is 0 Å². The third-order valence-corrected chi connectivity index (χ3v) is 2.55. The predicted molar refractivity (Wildman–Crippen MR) is 82.3 cm³/mol. The molecule has 0 amide bonds. The van der Waals surface area contributed by atoms with Crippen LogP contribution in [0.15, 0.2) is 4.99 Å². The number of nitrogens with two attached hydrogens (primary N) is 1. The van der Waals surface area contributed by atoms with Crippen LogP contribution < -0.4 is 15.8 Å². The summed E-state index contributed by atoms with van der Waals surface area (Å²) in [6.07, 6.45) is 3.95. The second-order valence-corrected chi connectivity index (χ2v) is 5.40. The number of unbranched alkanes of at least 4 members (excludes halogenated alkanes) is 1. The van der Waals surface area contributed by atoms with Gasteiger partial charge in [0.2, 0.25) is 10.0 Å². The van der Waals surface area contributed by atoms with Crippen LogP contribution in [0.1, 0.15) is 26.2 Å². The van der Waals surface area contributed by atoms with Crippen molar-refractivity contribution in [3.63, 3.8) is 0 Å². The van der Waals surface area contributed by atoms with Crippen molar-refractivity contribution < 1.29 is 8.42 Å². The van der Waals surface area contributed by atoms with Crippen LogP contribution in [-0.4, -0.2) is 40.3 Å². The van der Waals surface area contributed by atoms with E-state index in [-0.39, 0.29) is 24.0 Å². The molecule has 104 valence electrons. The van der Waals surface area contributed by atoms with Crippen molar-refractivity contribution in [2.24, 2.45) is 10.7 Å². The van der Waals surface area contributed by atoms with Gasteiger partial charge in [0.05, 0.1) is 6.26 Å². The van der Waals surface area contributed by atoms with Crippen LogP contribution >= 0.6 is 24.0 Å². The summed E-state index contributed by atoms with van der Waals surface area (Å²) >= 11 is 0. The lowest BCUT2D eigenvalue weighted by molar-refractivity contribution is 0.586. The molecule has 0 aromatic heterocycles. The lowest BCUT2D eigenvalue weighted by Gasteiger charge is -2.04. The normalized spacial score (nSPS) is 12.0. The minimum absolute atomic E-state index is 0. The van der Waals surface area contributed by atoms with Crippen LogP contribution in [0.4, 0.5) is 0 Å². The maximum atomic E-state index is 10.7. The fourth-order valence-electron chi connectivity index (χ4n) is 0.985. The Labute approximate surface area is 121 Å². The summed E-state index contributed by atoms with van der Waals surface area (Å²) in [5, 5.41) is 2.98. The lowest BCUT2D eigenvalue weighted by atomic mass is 10.3. The molecule has 0 unspecified atom stereocenters. The first-order valence-corrected chi connectivity index (χ1v) is 7.33. The van der Waals surface area contributed by atoms with E-state index in [1.807, 2.05) is 0 Å². The van der Waals surface area contributed by atoms with Crippen LogP contribution in [0.2, 0.25) is 0 Å². The highest BCUT2D eigenvalue weighted by atomic mass is 127. The number of rotatable bonds is 8. The standard InChI is InChI=1S/C9H22N4O2S.HI/c1-3-4-6-11-9(10)12-7-5-8-13-16(2,14)15;/h13H,3-8H2,1-2H3,(H3,10,11,12);1H. The predicted octanol–water partition coefficient (Wildman–Crippen LogP) is 0.248. The van der Waals surface area contributed by atoms with Crippen LogP contribution in [0.3, 0.4) is 0 Å². The zero-order valence-corrected chi connectivity index (χ0v) is 13.5. The summed E-state index contributed by atoms with van der Waals surface area (Å²) < 4.78 is 23.8. The summed E-state index contributed by atoms with van der Waals surface area (Å²) in [6, 6.07) is 0. The first-order chi connectivity index (χ1) is 7.45. The van der Waals surface area contributed by atoms with Crippen molar-refractivity contribution in [3.05, 3.63) is 0 Å². The molecule has 0 saturated carbocycles. The molecule has 0 aromatic rings. The average Bonchev–Trinajstić information content (AvgIpc) is 2.16. The van der Waals surface area contributed by atoms with Crippen molar-refractivity contribution in [1.82, 2.24) is 10.0 Å². The van der Waals surface area contributed by atoms with Crippen LogP contribution in [0.25, 0.3) is 0 Å². The molecule has 0 aliphatic carbocycles. The van der Waals surface area contributed by atoms with Crippen molar-refractivity contribution in [3.8, 4) is 0 Å². The Morgan fingerprint density at radius 1 is 1.29 bits per heavy atom. The van der Waals surface area contributed by atoms with Crippen LogP contribution in [-0.2, 0) is 10.0 Å². The van der Waals surface area contributed by atoms with Crippen molar-refractivity contribution in [2.75, 3.05) is 25.9 Å². The van der Waals surface area contributed by atoms with Crippen molar-refractivity contribution in [2.45, 2.75) is 26.2 Å². The Morgan fingerprint density at radius 3 is 2.47 bits per heavy atom. The summed E-state index contributed by atoms with van der Waals surface area (Å²) in [4.78, 5) is 4.06. The summed E-state index contributed by atoms with van der Waals surface area (Å²) in [6.45, 7) is 3.84. The molecule has 0 fully saturated rings. The minimum atomic E-state index is -3.09. The summed E-state index contributed by atoms with van der Waals surface area (Å²) in [7, 11) is -3.09. The van der Waals surface area contributed by atoms with E-state index in [0.29, 0.717) is 25.5 Å². The quantitative estimate of drug-likeness (QED) is 0.244. The van der Waals surface area contributed by atoms with E-state index >= 15 is 0 Å². The first-order valence-electron chi connectivity index (χ1n) is 5.44. The molecule has 0 rings (SSSR count). The van der Waals surface area contributed by atoms with Gasteiger partial charge in [-0.3, -0.25) is 4.99 Å². The number of sulfonamides is 1. The Morgan fingerprint density at radius 2 is 1.94 bits per heavy atom. The molecule has 6 nitrogen and oxygen atoms in total. The second kappa shape index (κ2) is 11.0. The first kappa shape index (κ1) is 19.3. The molecule has 0 aliphatic heterocycles. The number of hydrogen-bond donors (Lipinski definition) is 3. The van der Waals surface area contributed by atoms with Gasteiger partial charge in [-0.25, -0.2) is 13.1 Å². The van der Waals surface area contributed by atoms with E-state index in [1.54, 1.807) is 0 Å². The smallest absolute Gasteiger partial charge is 0.208 e. The zero-order chi connectivity index (χ0) is 12.4. The van der Waals surface area contributed by atoms with Gasteiger partial charge in [-0.15, -0.1) is 24.0 Å². The van der Waals surface area contributed by atoms with Crippen molar-refractivity contribution >= 4 is 40.0 Å². The van der Waals surface area contributed by atoms with E-state index in [0.717, 1.165) is 25.6 Å². The lowest BCUT2D eigenvalue weighted by Crippen LogP contribution is -2.32. The molecule has 0 aromatic carbocycles. The molecule has 4 N–H and O–H groups in total. The summed E-state index contributed by atoms with van der Waals surface area (Å²) in [5.41, 5.74) is 5.58. The molecular formula is C9H23IN4O2S. The number of halogens is 1. The average molecular weight is 378 g/mol.